The predicted octanol–water partition coefficient (Wildman–Crippen LogP) is 2.11. The molecule has 1 rings (SSSR count). The minimum atomic E-state index is -1.82. The summed E-state index contributed by atoms with van der Waals surface area (Å²) in [5.74, 6) is 0. The van der Waals surface area contributed by atoms with E-state index in [9.17, 15) is 14.3 Å². The number of nitrogens with zero attached hydrogens (tertiary/aromatic N) is 1. The first-order valence-corrected chi connectivity index (χ1v) is 5.84. The van der Waals surface area contributed by atoms with E-state index in [1.165, 1.54) is 18.7 Å². The zero-order chi connectivity index (χ0) is 13.5. The smallest absolute Gasteiger partial charge is 0.410 e. The highest BCUT2D eigenvalue weighted by Crippen LogP contribution is 2.34. The third-order valence-electron chi connectivity index (χ3n) is 3.13. The van der Waals surface area contributed by atoms with Gasteiger partial charge in [-0.1, -0.05) is 0 Å². The lowest BCUT2D eigenvalue weighted by Crippen LogP contribution is -2.60. The maximum Gasteiger partial charge on any atom is 0.410 e. The zero-order valence-electron chi connectivity index (χ0n) is 11.2. The van der Waals surface area contributed by atoms with Crippen molar-refractivity contribution in [3.8, 4) is 0 Å². The molecule has 1 heterocycles. The van der Waals surface area contributed by atoms with E-state index >= 15 is 0 Å². The van der Waals surface area contributed by atoms with Crippen LogP contribution in [0, 0.1) is 0 Å². The molecule has 100 valence electrons. The number of likely N-dealkylation sites (tertiary alicyclic amines) is 1. The molecular formula is C12H22FNO3. The van der Waals surface area contributed by atoms with Crippen molar-refractivity contribution in [1.82, 2.24) is 4.90 Å². The van der Waals surface area contributed by atoms with Crippen LogP contribution in [0.15, 0.2) is 0 Å². The number of ether oxygens (including phenoxy) is 1. The number of rotatable bonds is 0. The number of amides is 1. The molecule has 4 nitrogen and oxygen atoms in total. The molecule has 0 aliphatic carbocycles. The second-order valence-corrected chi connectivity index (χ2v) is 6.12. The van der Waals surface area contributed by atoms with Crippen LogP contribution in [0.5, 0.6) is 0 Å². The van der Waals surface area contributed by atoms with E-state index in [4.69, 9.17) is 4.74 Å². The van der Waals surface area contributed by atoms with Gasteiger partial charge in [0.25, 0.3) is 0 Å². The largest absolute Gasteiger partial charge is 0.444 e. The average Bonchev–Trinajstić information content (AvgIpc) is 2.06. The number of hydrogen-bond acceptors (Lipinski definition) is 3. The highest BCUT2D eigenvalue weighted by atomic mass is 19.1. The minimum absolute atomic E-state index is 0.144. The fourth-order valence-electron chi connectivity index (χ4n) is 1.70. The third-order valence-corrected chi connectivity index (χ3v) is 3.13. The van der Waals surface area contributed by atoms with Gasteiger partial charge in [0.1, 0.15) is 5.60 Å². The molecule has 2 unspecified atom stereocenters. The van der Waals surface area contributed by atoms with Crippen molar-refractivity contribution in [1.29, 1.82) is 0 Å². The summed E-state index contributed by atoms with van der Waals surface area (Å²) in [5, 5.41) is 9.88. The van der Waals surface area contributed by atoms with E-state index in [2.05, 4.69) is 0 Å². The van der Waals surface area contributed by atoms with Crippen LogP contribution in [0.4, 0.5) is 9.18 Å². The number of carbonyl (C=O) groups excluding carboxylic acids is 1. The van der Waals surface area contributed by atoms with Crippen LogP contribution in [0.25, 0.3) is 0 Å². The first-order chi connectivity index (χ1) is 7.45. The number of halogens is 1. The van der Waals surface area contributed by atoms with Crippen LogP contribution in [-0.4, -0.2) is 46.1 Å². The minimum Gasteiger partial charge on any atom is -0.444 e. The molecule has 0 radical (unpaired) electrons. The quantitative estimate of drug-likeness (QED) is 0.713. The van der Waals surface area contributed by atoms with Gasteiger partial charge in [-0.15, -0.1) is 0 Å². The summed E-state index contributed by atoms with van der Waals surface area (Å²) in [4.78, 5) is 13.1. The molecule has 2 atom stereocenters. The van der Waals surface area contributed by atoms with Gasteiger partial charge in [0.05, 0.1) is 12.1 Å². The Morgan fingerprint density at radius 1 is 1.41 bits per heavy atom. The van der Waals surface area contributed by atoms with Gasteiger partial charge >= 0.3 is 6.09 Å². The Bertz CT molecular complexity index is 307. The van der Waals surface area contributed by atoms with E-state index in [0.29, 0.717) is 6.54 Å². The second kappa shape index (κ2) is 4.12. The summed E-state index contributed by atoms with van der Waals surface area (Å²) in [5.41, 5.74) is -3.81. The molecule has 1 saturated heterocycles. The van der Waals surface area contributed by atoms with Crippen molar-refractivity contribution in [2.24, 2.45) is 0 Å². The maximum absolute atomic E-state index is 14.2. The number of piperidine rings is 1. The summed E-state index contributed by atoms with van der Waals surface area (Å²) < 4.78 is 19.4. The predicted molar refractivity (Wildman–Crippen MR) is 62.6 cm³/mol. The Morgan fingerprint density at radius 3 is 2.35 bits per heavy atom. The Morgan fingerprint density at radius 2 is 1.94 bits per heavy atom. The maximum atomic E-state index is 14.2. The van der Waals surface area contributed by atoms with Crippen molar-refractivity contribution in [2.75, 3.05) is 13.1 Å². The fourth-order valence-corrected chi connectivity index (χ4v) is 1.70. The molecule has 0 saturated carbocycles. The lowest BCUT2D eigenvalue weighted by atomic mass is 9.81. The van der Waals surface area contributed by atoms with E-state index in [1.54, 1.807) is 20.8 Å². The van der Waals surface area contributed by atoms with Gasteiger partial charge in [0.2, 0.25) is 0 Å². The Balaban J connectivity index is 2.69. The van der Waals surface area contributed by atoms with Crippen LogP contribution in [0.3, 0.4) is 0 Å². The van der Waals surface area contributed by atoms with Gasteiger partial charge in [-0.3, -0.25) is 0 Å². The second-order valence-electron chi connectivity index (χ2n) is 6.12. The Labute approximate surface area is 102 Å². The summed E-state index contributed by atoms with van der Waals surface area (Å²) >= 11 is 0. The zero-order valence-corrected chi connectivity index (χ0v) is 11.2. The Hall–Kier alpha value is -0.840. The monoisotopic (exact) mass is 247 g/mol. The Kier molecular flexibility index (Phi) is 3.45. The molecule has 1 N–H and O–H groups in total. The molecule has 1 fully saturated rings. The summed E-state index contributed by atoms with van der Waals surface area (Å²) in [7, 11) is 0. The molecule has 0 bridgehead atoms. The molecule has 1 aliphatic rings. The van der Waals surface area contributed by atoms with Crippen molar-refractivity contribution in [2.45, 2.75) is 57.9 Å². The number of hydrogen-bond donors (Lipinski definition) is 1. The normalized spacial score (nSPS) is 34.6. The van der Waals surface area contributed by atoms with E-state index in [1.807, 2.05) is 0 Å². The third kappa shape index (κ3) is 3.31. The van der Waals surface area contributed by atoms with Crippen LogP contribution < -0.4 is 0 Å². The van der Waals surface area contributed by atoms with E-state index < -0.39 is 23.0 Å². The van der Waals surface area contributed by atoms with E-state index in [0.717, 1.165) is 0 Å². The topological polar surface area (TPSA) is 49.8 Å². The average molecular weight is 247 g/mol. The highest BCUT2D eigenvalue weighted by molar-refractivity contribution is 5.68. The van der Waals surface area contributed by atoms with Crippen LogP contribution in [0.2, 0.25) is 0 Å². The van der Waals surface area contributed by atoms with Gasteiger partial charge in [-0.25, -0.2) is 9.18 Å². The summed E-state index contributed by atoms with van der Waals surface area (Å²) in [6.07, 6.45) is -0.323. The first-order valence-electron chi connectivity index (χ1n) is 5.84. The molecule has 0 aromatic rings. The van der Waals surface area contributed by atoms with Crippen molar-refractivity contribution in [3.63, 3.8) is 0 Å². The molecular weight excluding hydrogens is 225 g/mol. The van der Waals surface area contributed by atoms with Gasteiger partial charge in [0.15, 0.2) is 5.67 Å². The molecule has 1 aliphatic heterocycles. The SMILES string of the molecule is CC(C)(C)OC(=O)N1CCC(C)(O)C(C)(F)C1. The van der Waals surface area contributed by atoms with Crippen molar-refractivity contribution in [3.05, 3.63) is 0 Å². The molecule has 1 amide bonds. The number of alkyl halides is 1. The van der Waals surface area contributed by atoms with Gasteiger partial charge in [-0.2, -0.15) is 0 Å². The molecule has 0 aromatic heterocycles. The highest BCUT2D eigenvalue weighted by Gasteiger charge is 2.49. The standard InChI is InChI=1S/C12H22FNO3/c1-10(2,3)17-9(15)14-7-6-12(5,16)11(4,13)8-14/h16H,6-8H2,1-5H3. The molecule has 0 aromatic carbocycles. The lowest BCUT2D eigenvalue weighted by molar-refractivity contribution is -0.126. The van der Waals surface area contributed by atoms with Gasteiger partial charge in [0, 0.05) is 6.54 Å². The lowest BCUT2D eigenvalue weighted by Gasteiger charge is -2.45. The molecule has 17 heavy (non-hydrogen) atoms. The van der Waals surface area contributed by atoms with Crippen LogP contribution >= 0.6 is 0 Å². The van der Waals surface area contributed by atoms with Gasteiger partial charge < -0.3 is 14.7 Å². The number of aliphatic hydroxyl groups is 1. The van der Waals surface area contributed by atoms with Crippen molar-refractivity contribution >= 4 is 6.09 Å². The summed E-state index contributed by atoms with van der Waals surface area (Å²) in [6.45, 7) is 8.22. The first kappa shape index (κ1) is 14.2. The van der Waals surface area contributed by atoms with Crippen molar-refractivity contribution < 1.29 is 19.0 Å². The summed E-state index contributed by atoms with van der Waals surface area (Å²) in [6, 6.07) is 0. The van der Waals surface area contributed by atoms with Crippen LogP contribution in [-0.2, 0) is 4.74 Å². The number of carbonyl (C=O) groups is 1. The van der Waals surface area contributed by atoms with Gasteiger partial charge in [-0.05, 0) is 41.0 Å². The van der Waals surface area contributed by atoms with E-state index in [-0.39, 0.29) is 13.0 Å². The fraction of sp³-hybridized carbons (Fsp3) is 0.917. The molecule has 5 heteroatoms. The molecule has 0 spiro atoms. The van der Waals surface area contributed by atoms with Crippen LogP contribution in [0.1, 0.15) is 41.0 Å².